The van der Waals surface area contributed by atoms with Crippen molar-refractivity contribution in [3.8, 4) is 11.8 Å². The number of amides is 2. The highest BCUT2D eigenvalue weighted by Gasteiger charge is 2.20. The summed E-state index contributed by atoms with van der Waals surface area (Å²) in [5.74, 6) is 6.97. The molecule has 13 nitrogen and oxygen atoms in total. The zero-order chi connectivity index (χ0) is 31.9. The molecule has 236 valence electrons. The molecular weight excluding hydrogens is 560 g/mol. The number of nitrogens with one attached hydrogen (secondary N) is 3. The quantitative estimate of drug-likeness (QED) is 0.127. The van der Waals surface area contributed by atoms with Gasteiger partial charge in [0.05, 0.1) is 43.0 Å². The average molecular weight is 605 g/mol. The van der Waals surface area contributed by atoms with Crippen LogP contribution in [0.4, 0.5) is 17.5 Å². The number of anilines is 3. The first-order valence-corrected chi connectivity index (χ1v) is 14.8. The van der Waals surface area contributed by atoms with Gasteiger partial charge in [-0.2, -0.15) is 10.1 Å². The summed E-state index contributed by atoms with van der Waals surface area (Å²) in [6.07, 6.45) is 10.6. The first-order chi connectivity index (χ1) is 21.2. The molecule has 0 aliphatic rings. The summed E-state index contributed by atoms with van der Waals surface area (Å²) in [6.45, 7) is 6.83. The normalized spacial score (nSPS) is 11.8. The van der Waals surface area contributed by atoms with E-state index in [2.05, 4.69) is 54.8 Å². The van der Waals surface area contributed by atoms with Crippen LogP contribution >= 0.6 is 0 Å². The van der Waals surface area contributed by atoms with Gasteiger partial charge in [-0.3, -0.25) is 9.59 Å². The number of ether oxygens (including phenoxy) is 1. The highest BCUT2D eigenvalue weighted by Crippen LogP contribution is 2.20. The molecule has 0 aliphatic carbocycles. The molecule has 3 N–H and O–H groups in total. The number of aromatic nitrogens is 5. The zero-order valence-electron chi connectivity index (χ0n) is 26.6. The van der Waals surface area contributed by atoms with E-state index in [1.807, 2.05) is 29.7 Å². The predicted molar refractivity (Wildman–Crippen MR) is 173 cm³/mol. The molecule has 0 saturated carbocycles. The Bertz CT molecular complexity index is 1470. The Morgan fingerprint density at radius 2 is 1.98 bits per heavy atom. The van der Waals surface area contributed by atoms with Gasteiger partial charge in [0.25, 0.3) is 0 Å². The van der Waals surface area contributed by atoms with Gasteiger partial charge >= 0.3 is 0 Å². The fourth-order valence-corrected chi connectivity index (χ4v) is 3.96. The van der Waals surface area contributed by atoms with E-state index in [9.17, 15) is 9.59 Å². The van der Waals surface area contributed by atoms with Gasteiger partial charge in [0.15, 0.2) is 5.65 Å². The Hall–Kier alpha value is -4.54. The summed E-state index contributed by atoms with van der Waals surface area (Å²) < 4.78 is 6.95. The molecule has 44 heavy (non-hydrogen) atoms. The second kappa shape index (κ2) is 17.5. The van der Waals surface area contributed by atoms with Crippen LogP contribution in [0.2, 0.25) is 0 Å². The minimum absolute atomic E-state index is 0.202. The van der Waals surface area contributed by atoms with E-state index in [0.29, 0.717) is 56.4 Å². The molecule has 0 aliphatic heterocycles. The minimum Gasteiger partial charge on any atom is -0.383 e. The van der Waals surface area contributed by atoms with Crippen LogP contribution < -0.4 is 16.0 Å². The second-order valence-corrected chi connectivity index (χ2v) is 10.5. The van der Waals surface area contributed by atoms with Gasteiger partial charge in [0.1, 0.15) is 11.9 Å². The van der Waals surface area contributed by atoms with Gasteiger partial charge in [-0.1, -0.05) is 24.8 Å². The maximum absolute atomic E-state index is 12.5. The maximum Gasteiger partial charge on any atom is 0.246 e. The molecule has 3 aromatic rings. The van der Waals surface area contributed by atoms with Crippen molar-refractivity contribution in [1.29, 1.82) is 0 Å². The summed E-state index contributed by atoms with van der Waals surface area (Å²) in [6, 6.07) is 1.37. The number of likely N-dealkylation sites (N-methyl/N-ethyl adjacent to an activating group) is 2. The summed E-state index contributed by atoms with van der Waals surface area (Å²) in [5.41, 5.74) is 2.22. The Morgan fingerprint density at radius 1 is 1.16 bits per heavy atom. The highest BCUT2D eigenvalue weighted by molar-refractivity contribution is 5.92. The van der Waals surface area contributed by atoms with Gasteiger partial charge in [-0.15, -0.1) is 0 Å². The maximum atomic E-state index is 12.5. The van der Waals surface area contributed by atoms with Crippen molar-refractivity contribution in [2.45, 2.75) is 45.7 Å². The molecule has 13 heteroatoms. The smallest absolute Gasteiger partial charge is 0.246 e. The third-order valence-corrected chi connectivity index (χ3v) is 6.61. The molecule has 0 bridgehead atoms. The first-order valence-electron chi connectivity index (χ1n) is 14.8. The van der Waals surface area contributed by atoms with E-state index in [0.717, 1.165) is 29.7 Å². The van der Waals surface area contributed by atoms with Crippen LogP contribution in [0.3, 0.4) is 0 Å². The summed E-state index contributed by atoms with van der Waals surface area (Å²) >= 11 is 0. The lowest BCUT2D eigenvalue weighted by atomic mass is 10.2. The molecule has 0 unspecified atom stereocenters. The van der Waals surface area contributed by atoms with Crippen molar-refractivity contribution < 1.29 is 14.3 Å². The molecule has 0 radical (unpaired) electrons. The molecule has 0 saturated heterocycles. The zero-order valence-corrected chi connectivity index (χ0v) is 26.6. The van der Waals surface area contributed by atoms with E-state index in [-0.39, 0.29) is 11.8 Å². The number of fused-ring (bicyclic) bond motifs is 1. The Labute approximate surface area is 259 Å². The van der Waals surface area contributed by atoms with Gasteiger partial charge in [-0.05, 0) is 39.9 Å². The SMILES string of the molecule is CCCNc1nc(Nc2cnc3c(cnn3CCOC)c2)ncc1C#CCCCNC(=O)[C@H](C)N(C)C(=O)C=CCN(C)C. The van der Waals surface area contributed by atoms with E-state index in [4.69, 9.17) is 4.74 Å². The van der Waals surface area contributed by atoms with E-state index in [1.54, 1.807) is 45.7 Å². The Morgan fingerprint density at radius 3 is 2.73 bits per heavy atom. The summed E-state index contributed by atoms with van der Waals surface area (Å²) in [7, 11) is 7.13. The third-order valence-electron chi connectivity index (χ3n) is 6.61. The number of methoxy groups -OCH3 is 1. The fraction of sp³-hybridized carbons (Fsp3) is 0.484. The molecule has 1 atom stereocenters. The Kier molecular flexibility index (Phi) is 13.5. The summed E-state index contributed by atoms with van der Waals surface area (Å²) in [4.78, 5) is 41.8. The molecular formula is C31H44N10O3. The number of carbonyl (C=O) groups excluding carboxylic acids is 2. The second-order valence-electron chi connectivity index (χ2n) is 10.5. The van der Waals surface area contributed by atoms with Crippen LogP contribution in [0.5, 0.6) is 0 Å². The van der Waals surface area contributed by atoms with Crippen LogP contribution in [-0.2, 0) is 20.9 Å². The number of rotatable bonds is 16. The predicted octanol–water partition coefficient (Wildman–Crippen LogP) is 2.65. The van der Waals surface area contributed by atoms with Crippen LogP contribution in [0.1, 0.15) is 38.7 Å². The van der Waals surface area contributed by atoms with Crippen molar-refractivity contribution in [3.05, 3.63) is 42.4 Å². The number of unbranched alkanes of at least 4 members (excludes halogenated alkanes) is 1. The molecule has 0 spiro atoms. The van der Waals surface area contributed by atoms with Crippen LogP contribution in [0, 0.1) is 11.8 Å². The monoisotopic (exact) mass is 604 g/mol. The largest absolute Gasteiger partial charge is 0.383 e. The van der Waals surface area contributed by atoms with E-state index in [1.165, 1.54) is 11.0 Å². The minimum atomic E-state index is -0.578. The van der Waals surface area contributed by atoms with E-state index >= 15 is 0 Å². The van der Waals surface area contributed by atoms with Crippen molar-refractivity contribution in [3.63, 3.8) is 0 Å². The lowest BCUT2D eigenvalue weighted by Gasteiger charge is -2.23. The standard InChI is InChI=1S/C31H44N10O3/c1-7-14-32-28-24(12-9-8-10-15-33-30(43)23(2)40(5)27(42)13-11-16-39(3)4)20-35-31(38-28)37-26-19-25-21-36-41(17-18-44-6)29(25)34-22-26/h11,13,19-23H,7-8,10,14-18H2,1-6H3,(H,33,43)(H2,32,35,37,38)/t23-/m0/s1. The van der Waals surface area contributed by atoms with Crippen molar-refractivity contribution in [2.75, 3.05) is 65.1 Å². The lowest BCUT2D eigenvalue weighted by Crippen LogP contribution is -2.45. The van der Waals surface area contributed by atoms with Crippen LogP contribution in [0.15, 0.2) is 36.8 Å². The number of carbonyl (C=O) groups is 2. The third kappa shape index (κ3) is 10.3. The van der Waals surface area contributed by atoms with Crippen molar-refractivity contribution in [2.24, 2.45) is 0 Å². The number of hydrogen-bond donors (Lipinski definition) is 3. The molecule has 3 rings (SSSR count). The number of hydrogen-bond acceptors (Lipinski definition) is 10. The van der Waals surface area contributed by atoms with Gasteiger partial charge in [0.2, 0.25) is 17.8 Å². The van der Waals surface area contributed by atoms with Crippen LogP contribution in [-0.4, -0.2) is 107 Å². The van der Waals surface area contributed by atoms with Gasteiger partial charge < -0.3 is 30.5 Å². The number of nitrogens with zero attached hydrogens (tertiary/aromatic N) is 7. The van der Waals surface area contributed by atoms with E-state index < -0.39 is 6.04 Å². The van der Waals surface area contributed by atoms with Crippen molar-refractivity contribution in [1.82, 2.24) is 39.8 Å². The molecule has 0 aromatic carbocycles. The average Bonchev–Trinajstić information content (AvgIpc) is 3.42. The van der Waals surface area contributed by atoms with Crippen molar-refractivity contribution >= 4 is 40.3 Å². The molecule has 2 amide bonds. The molecule has 0 fully saturated rings. The molecule has 3 aromatic heterocycles. The summed E-state index contributed by atoms with van der Waals surface area (Å²) in [5, 5.41) is 14.7. The molecule has 3 heterocycles. The van der Waals surface area contributed by atoms with Gasteiger partial charge in [-0.25, -0.2) is 14.6 Å². The lowest BCUT2D eigenvalue weighted by molar-refractivity contribution is -0.135. The van der Waals surface area contributed by atoms with Gasteiger partial charge in [0, 0.05) is 51.7 Å². The Balaban J connectivity index is 1.54. The highest BCUT2D eigenvalue weighted by atomic mass is 16.5. The fourth-order valence-electron chi connectivity index (χ4n) is 3.96. The van der Waals surface area contributed by atoms with Crippen LogP contribution in [0.25, 0.3) is 11.0 Å². The first kappa shape index (κ1) is 34.0. The topological polar surface area (TPSA) is 142 Å². The number of pyridine rings is 1.